The Hall–Kier alpha value is 4.23. The predicted octanol–water partition coefficient (Wildman–Crippen LogP) is 0.908. The molecule has 0 aliphatic rings. The quantitative estimate of drug-likeness (QED) is 0.346. The maximum absolute atomic E-state index is 2.23. The number of rotatable bonds is 6. The topological polar surface area (TPSA) is 410 Å². The minimum Gasteiger partial charge on any atom is -2.00 e. The molecule has 7 N–H and O–H groups in total. The first-order valence-electron chi connectivity index (χ1n) is 6.18. The van der Waals surface area contributed by atoms with E-state index < -0.39 is 0 Å². The van der Waals surface area contributed by atoms with Gasteiger partial charge in [-0.05, 0) is 0 Å². The van der Waals surface area contributed by atoms with Crippen molar-refractivity contribution >= 4 is 139 Å². The zero-order valence-corrected chi connectivity index (χ0v) is 35.5. The van der Waals surface area contributed by atoms with E-state index in [0.29, 0.717) is 0 Å². The van der Waals surface area contributed by atoms with E-state index >= 15 is 0 Å². The van der Waals surface area contributed by atoms with Crippen LogP contribution in [-0.2, 0) is 38.3 Å². The van der Waals surface area contributed by atoms with Crippen molar-refractivity contribution in [2.75, 3.05) is 0 Å². The van der Waals surface area contributed by atoms with Crippen LogP contribution in [0.2, 0.25) is 13.3 Å². The summed E-state index contributed by atoms with van der Waals surface area (Å²) in [6.07, 6.45) is 8.39. The molecule has 14 nitrogen and oxygen atoms in total. The normalized spacial score (nSPS) is 4.03. The molecule has 0 aromatic heterocycles. The van der Waals surface area contributed by atoms with Gasteiger partial charge in [0.2, 0.25) is 0 Å². The zero-order valence-electron chi connectivity index (χ0n) is 18.4. The van der Waals surface area contributed by atoms with Gasteiger partial charge in [0, 0.05) is 0 Å². The summed E-state index contributed by atoms with van der Waals surface area (Å²) in [5.41, 5.74) is 0. The molecule has 0 aromatic rings. The molecule has 190 valence electrons. The summed E-state index contributed by atoms with van der Waals surface area (Å²) in [4.78, 5) is 0. The largest absolute Gasteiger partial charge is 4.00 e. The van der Waals surface area contributed by atoms with Crippen molar-refractivity contribution in [3.63, 3.8) is 0 Å². The van der Waals surface area contributed by atoms with Crippen LogP contribution in [0.4, 0.5) is 0 Å². The van der Waals surface area contributed by atoms with E-state index in [9.17, 15) is 0 Å². The van der Waals surface area contributed by atoms with Crippen LogP contribution in [0.15, 0.2) is 0 Å². The van der Waals surface area contributed by atoms with Crippen molar-refractivity contribution in [3.8, 4) is 0 Å². The Balaban J connectivity index is -0.00000000296. The zero-order chi connectivity index (χ0) is 12.4. The SMILES string of the molecule is CCC[CH2][Sn+3].CCC[CH2][Sn+3].CCC[CH2][Sn+3].[O-2].[O-2].[O-2].[O-2].[O-2].[O-2].[O-2].[OH-].[OH-].[OH-].[OH-].[OH-].[OH-].[OH-].[Sn+4].[Sn+4].[Sn+4]. The van der Waals surface area contributed by atoms with Gasteiger partial charge >= 0.3 is 212 Å². The van der Waals surface area contributed by atoms with Crippen molar-refractivity contribution < 1.29 is 76.7 Å². The monoisotopic (exact) mass is 1120 g/mol. The minimum absolute atomic E-state index is 0. The molecule has 0 atom stereocenters. The van der Waals surface area contributed by atoms with Gasteiger partial charge < -0.3 is 76.7 Å². The molecule has 20 heteroatoms. The first-order chi connectivity index (χ1) is 7.24. The third kappa shape index (κ3) is 361. The summed E-state index contributed by atoms with van der Waals surface area (Å²) in [6.45, 7) is 6.68. The van der Waals surface area contributed by atoms with Gasteiger partial charge in [-0.1, -0.05) is 0 Å². The molecular weight excluding hydrogens is 1080 g/mol. The van der Waals surface area contributed by atoms with E-state index in [4.69, 9.17) is 0 Å². The van der Waals surface area contributed by atoms with Gasteiger partial charge in [0.05, 0.1) is 0 Å². The standard InChI is InChI=1S/3C4H9.7H2O.7O.6Sn/c3*1-3-4-2;;;;;;;;;;;;;;;;;;;;/h3*1,3-4H2,2H3;7*1H2;;;;;;;;;;;;;/q;;;;;;;;;;7*-2;3*+3;3*+4/p-7. The summed E-state index contributed by atoms with van der Waals surface area (Å²) in [6, 6.07) is 0. The van der Waals surface area contributed by atoms with E-state index in [1.807, 2.05) is 0 Å². The Kier molecular flexibility index (Phi) is 1260. The van der Waals surface area contributed by atoms with Crippen LogP contribution in [0, 0.1) is 0 Å². The van der Waals surface area contributed by atoms with Gasteiger partial charge in [0.25, 0.3) is 0 Å². The second-order valence-corrected chi connectivity index (χ2v) is 7.59. The smallest absolute Gasteiger partial charge is 2.00 e. The predicted molar refractivity (Wildman–Crippen MR) is 112 cm³/mol. The molecule has 0 aromatic carbocycles. The van der Waals surface area contributed by atoms with E-state index in [2.05, 4.69) is 20.8 Å². The fourth-order valence-corrected chi connectivity index (χ4v) is 3.56. The van der Waals surface area contributed by atoms with E-state index in [-0.39, 0.29) is 148 Å². The van der Waals surface area contributed by atoms with Crippen molar-refractivity contribution in [2.45, 2.75) is 72.6 Å². The van der Waals surface area contributed by atoms with Gasteiger partial charge in [-0.3, -0.25) is 0 Å². The maximum Gasteiger partial charge on any atom is 4.00 e. The van der Waals surface area contributed by atoms with Gasteiger partial charge in [0.15, 0.2) is 0 Å². The molecular formula is C12H34O14Sn6. The van der Waals surface area contributed by atoms with Gasteiger partial charge in [-0.2, -0.15) is 0 Å². The average molecular weight is 1110 g/mol. The molecule has 0 saturated carbocycles. The van der Waals surface area contributed by atoms with Crippen molar-refractivity contribution in [2.24, 2.45) is 0 Å². The number of hydrogen-bond donors (Lipinski definition) is 0. The fraction of sp³-hybridized carbons (Fsp3) is 1.00. The van der Waals surface area contributed by atoms with Crippen molar-refractivity contribution in [1.29, 1.82) is 0 Å². The van der Waals surface area contributed by atoms with Crippen LogP contribution >= 0.6 is 0 Å². The average Bonchev–Trinajstić information content (AvgIpc) is 2.23. The minimum atomic E-state index is 0. The molecule has 32 heavy (non-hydrogen) atoms. The van der Waals surface area contributed by atoms with E-state index in [1.54, 1.807) is 67.6 Å². The molecule has 0 saturated heterocycles. The molecule has 0 radical (unpaired) electrons. The Morgan fingerprint density at radius 2 is 0.438 bits per heavy atom. The summed E-state index contributed by atoms with van der Waals surface area (Å²) >= 11 is 5.05. The van der Waals surface area contributed by atoms with E-state index in [0.717, 1.165) is 0 Å². The summed E-state index contributed by atoms with van der Waals surface area (Å²) in [7, 11) is 0. The van der Waals surface area contributed by atoms with Crippen LogP contribution in [0.25, 0.3) is 0 Å². The summed E-state index contributed by atoms with van der Waals surface area (Å²) < 4.78 is 4.30. The fourth-order valence-electron chi connectivity index (χ4n) is 0.530. The maximum atomic E-state index is 2.23. The summed E-state index contributed by atoms with van der Waals surface area (Å²) in [5.74, 6) is 0. The van der Waals surface area contributed by atoms with Crippen molar-refractivity contribution in [1.82, 2.24) is 0 Å². The van der Waals surface area contributed by atoms with Crippen LogP contribution in [0.3, 0.4) is 0 Å². The van der Waals surface area contributed by atoms with Crippen molar-refractivity contribution in [3.05, 3.63) is 0 Å². The van der Waals surface area contributed by atoms with Crippen LogP contribution in [0.5, 0.6) is 0 Å². The second-order valence-electron chi connectivity index (χ2n) is 3.31. The summed E-state index contributed by atoms with van der Waals surface area (Å²) in [5, 5.41) is 0. The Morgan fingerprint density at radius 1 is 0.344 bits per heavy atom. The molecule has 0 aliphatic carbocycles. The van der Waals surface area contributed by atoms with Gasteiger partial charge in [0.1, 0.15) is 0 Å². The first kappa shape index (κ1) is 171. The van der Waals surface area contributed by atoms with Gasteiger partial charge in [-0.15, -0.1) is 0 Å². The molecule has 0 heterocycles. The molecule has 0 aliphatic heterocycles. The number of unbranched alkanes of at least 4 members (excludes halogenated alkanes) is 3. The molecule has 0 rings (SSSR count). The second kappa shape index (κ2) is 236. The molecule has 0 fully saturated rings. The molecule has 0 amide bonds. The van der Waals surface area contributed by atoms with Crippen LogP contribution < -0.4 is 0 Å². The Morgan fingerprint density at radius 3 is 0.438 bits per heavy atom. The number of hydrogen-bond acceptors (Lipinski definition) is 7. The Labute approximate surface area is 284 Å². The first-order valence-corrected chi connectivity index (χ1v) is 12.2. The Bertz CT molecular complexity index is 85.0. The van der Waals surface area contributed by atoms with E-state index in [1.165, 1.54) is 51.8 Å². The molecule has 0 spiro atoms. The van der Waals surface area contributed by atoms with Crippen LogP contribution in [-0.4, -0.2) is 178 Å². The van der Waals surface area contributed by atoms with Gasteiger partial charge in [-0.25, -0.2) is 0 Å². The molecule has 0 unspecified atom stereocenters. The third-order valence-electron chi connectivity index (χ3n) is 1.59. The third-order valence-corrected chi connectivity index (χ3v) is 4.62. The molecule has 0 bridgehead atoms. The van der Waals surface area contributed by atoms with Crippen LogP contribution in [0.1, 0.15) is 59.3 Å².